The molecular weight excluding hydrogens is 420 g/mol. The van der Waals surface area contributed by atoms with Crippen LogP contribution >= 0.6 is 0 Å². The zero-order valence-corrected chi connectivity index (χ0v) is 19.4. The van der Waals surface area contributed by atoms with Gasteiger partial charge in [-0.15, -0.1) is 0 Å². The number of aromatic amines is 1. The van der Waals surface area contributed by atoms with E-state index < -0.39 is 0 Å². The quantitative estimate of drug-likeness (QED) is 0.461. The van der Waals surface area contributed by atoms with Gasteiger partial charge in [0.2, 0.25) is 5.91 Å². The van der Waals surface area contributed by atoms with Crippen LogP contribution < -0.4 is 20.8 Å². The molecule has 3 amide bonds. The number of methoxy groups -OCH3 is 1. The van der Waals surface area contributed by atoms with Crippen LogP contribution in [0.3, 0.4) is 0 Å². The number of amides is 3. The maximum absolute atomic E-state index is 13.2. The van der Waals surface area contributed by atoms with Crippen LogP contribution in [-0.4, -0.2) is 46.8 Å². The number of hydrazine groups is 1. The van der Waals surface area contributed by atoms with E-state index in [0.29, 0.717) is 25.3 Å². The summed E-state index contributed by atoms with van der Waals surface area (Å²) < 4.78 is 5.32. The third kappa shape index (κ3) is 4.93. The van der Waals surface area contributed by atoms with Gasteiger partial charge in [0.1, 0.15) is 11.6 Å². The molecule has 1 unspecified atom stereocenters. The van der Waals surface area contributed by atoms with E-state index in [1.54, 1.807) is 7.11 Å². The summed E-state index contributed by atoms with van der Waals surface area (Å²) in [6.07, 6.45) is 0.671. The predicted molar refractivity (Wildman–Crippen MR) is 127 cm³/mol. The molecule has 9 nitrogen and oxygen atoms in total. The van der Waals surface area contributed by atoms with Gasteiger partial charge in [-0.05, 0) is 49.2 Å². The second-order valence-electron chi connectivity index (χ2n) is 8.58. The second kappa shape index (κ2) is 9.50. The maximum Gasteiger partial charge on any atom is 0.329 e. The van der Waals surface area contributed by atoms with Crippen molar-refractivity contribution >= 4 is 28.5 Å². The molecule has 0 saturated carbocycles. The molecule has 3 aromatic rings. The molecule has 0 spiro atoms. The Balaban J connectivity index is 1.49. The zero-order chi connectivity index (χ0) is 23.5. The monoisotopic (exact) mass is 450 g/mol. The van der Waals surface area contributed by atoms with E-state index >= 15 is 0 Å². The van der Waals surface area contributed by atoms with Crippen molar-refractivity contribution in [2.24, 2.45) is 0 Å². The van der Waals surface area contributed by atoms with Gasteiger partial charge in [-0.25, -0.2) is 9.80 Å². The zero-order valence-electron chi connectivity index (χ0n) is 19.4. The van der Waals surface area contributed by atoms with Crippen LogP contribution in [0.2, 0.25) is 0 Å². The lowest BCUT2D eigenvalue weighted by Gasteiger charge is -2.27. The molecule has 0 aliphatic carbocycles. The van der Waals surface area contributed by atoms with Gasteiger partial charge in [0.15, 0.2) is 0 Å². The molecule has 2 aromatic carbocycles. The van der Waals surface area contributed by atoms with E-state index in [2.05, 4.69) is 26.3 Å². The minimum atomic E-state index is -0.379. The fourth-order valence-corrected chi connectivity index (χ4v) is 4.09. The Labute approximate surface area is 192 Å². The number of urea groups is 1. The number of nitrogens with one attached hydrogen (secondary N) is 4. The second-order valence-corrected chi connectivity index (χ2v) is 8.58. The van der Waals surface area contributed by atoms with Crippen molar-refractivity contribution < 1.29 is 14.3 Å². The molecule has 1 aromatic heterocycles. The topological polar surface area (TPSA) is 111 Å². The highest BCUT2D eigenvalue weighted by atomic mass is 16.5. The normalized spacial score (nSPS) is 14.6. The molecule has 4 rings (SSSR count). The Bertz CT molecular complexity index is 1170. The first-order chi connectivity index (χ1) is 15.9. The molecule has 2 heterocycles. The lowest BCUT2D eigenvalue weighted by molar-refractivity contribution is -0.117. The fraction of sp³-hybridized carbons (Fsp3) is 0.375. The van der Waals surface area contributed by atoms with E-state index in [1.807, 2.05) is 62.2 Å². The summed E-state index contributed by atoms with van der Waals surface area (Å²) in [5.74, 6) is 0.837. The highest BCUT2D eigenvalue weighted by Crippen LogP contribution is 2.30. The average Bonchev–Trinajstić information content (AvgIpc) is 3.19. The third-order valence-corrected chi connectivity index (χ3v) is 5.83. The molecule has 9 heteroatoms. The summed E-state index contributed by atoms with van der Waals surface area (Å²) in [5.41, 5.74) is 5.58. The average molecular weight is 451 g/mol. The van der Waals surface area contributed by atoms with Gasteiger partial charge >= 0.3 is 6.03 Å². The van der Waals surface area contributed by atoms with Crippen LogP contribution in [-0.2, 0) is 17.8 Å². The smallest absolute Gasteiger partial charge is 0.329 e. The molecule has 1 aliphatic heterocycles. The number of nitrogens with zero attached hydrogens (tertiary/aromatic N) is 2. The Kier molecular flexibility index (Phi) is 6.50. The van der Waals surface area contributed by atoms with E-state index in [9.17, 15) is 9.59 Å². The van der Waals surface area contributed by atoms with Crippen LogP contribution in [0.25, 0.3) is 10.8 Å². The Morgan fingerprint density at radius 2 is 2.00 bits per heavy atom. The van der Waals surface area contributed by atoms with E-state index in [4.69, 9.17) is 4.74 Å². The number of rotatable bonds is 6. The number of H-pyrrole nitrogens is 1. The van der Waals surface area contributed by atoms with Crippen molar-refractivity contribution in [1.29, 1.82) is 0 Å². The Morgan fingerprint density at radius 1 is 1.18 bits per heavy atom. The fourth-order valence-electron chi connectivity index (χ4n) is 4.09. The standard InChI is InChI=1S/C24H30N6O3/c1-14(2)25-24(32)29-30-11-10-21-20(13-30)22(28-27-21)26-23(31)15(3)18-7-5-6-16-12-17(33-4)8-9-19(16)18/h5-9,12,14-15H,10-11,13H2,1-4H3,(H2,25,29,32)(H2,26,27,28,31). The summed E-state index contributed by atoms with van der Waals surface area (Å²) >= 11 is 0. The van der Waals surface area contributed by atoms with Crippen LogP contribution in [0.1, 0.15) is 43.5 Å². The van der Waals surface area contributed by atoms with E-state index in [-0.39, 0.29) is 23.9 Å². The molecular formula is C24H30N6O3. The Morgan fingerprint density at radius 3 is 2.76 bits per heavy atom. The third-order valence-electron chi connectivity index (χ3n) is 5.83. The van der Waals surface area contributed by atoms with E-state index in [1.165, 1.54) is 0 Å². The van der Waals surface area contributed by atoms with Gasteiger partial charge in [-0.3, -0.25) is 15.3 Å². The van der Waals surface area contributed by atoms with Gasteiger partial charge < -0.3 is 15.4 Å². The maximum atomic E-state index is 13.2. The SMILES string of the molecule is COc1ccc2c(C(C)C(=O)Nc3[nH]nc4c3CN(NC(=O)NC(C)C)CC4)cccc2c1. The molecule has 4 N–H and O–H groups in total. The van der Waals surface area contributed by atoms with Gasteiger partial charge in [0, 0.05) is 31.1 Å². The molecule has 1 aliphatic rings. The van der Waals surface area contributed by atoms with Crippen molar-refractivity contribution in [1.82, 2.24) is 25.9 Å². The minimum absolute atomic E-state index is 0.0470. The molecule has 0 bridgehead atoms. The summed E-state index contributed by atoms with van der Waals surface area (Å²) in [4.78, 5) is 25.2. The van der Waals surface area contributed by atoms with Crippen molar-refractivity contribution in [2.45, 2.75) is 45.7 Å². The molecule has 174 valence electrons. The summed E-state index contributed by atoms with van der Waals surface area (Å²) in [7, 11) is 1.64. The molecule has 0 saturated heterocycles. The molecule has 0 radical (unpaired) electrons. The van der Waals surface area contributed by atoms with Gasteiger partial charge in [-0.1, -0.05) is 24.3 Å². The number of carbonyl (C=O) groups is 2. The first-order valence-corrected chi connectivity index (χ1v) is 11.1. The highest BCUT2D eigenvalue weighted by molar-refractivity contribution is 5.99. The van der Waals surface area contributed by atoms with Gasteiger partial charge in [0.05, 0.1) is 18.7 Å². The predicted octanol–water partition coefficient (Wildman–Crippen LogP) is 3.29. The lowest BCUT2D eigenvalue weighted by Crippen LogP contribution is -2.50. The van der Waals surface area contributed by atoms with Crippen molar-refractivity contribution in [3.8, 4) is 5.75 Å². The number of hydrogen-bond donors (Lipinski definition) is 4. The van der Waals surface area contributed by atoms with E-state index in [0.717, 1.165) is 33.3 Å². The number of anilines is 1. The van der Waals surface area contributed by atoms with Gasteiger partial charge in [-0.2, -0.15) is 5.10 Å². The van der Waals surface area contributed by atoms with Crippen LogP contribution in [0.4, 0.5) is 10.6 Å². The summed E-state index contributed by atoms with van der Waals surface area (Å²) in [6.45, 7) is 6.81. The molecule has 33 heavy (non-hydrogen) atoms. The highest BCUT2D eigenvalue weighted by Gasteiger charge is 2.26. The number of carbonyl (C=O) groups excluding carboxylic acids is 2. The van der Waals surface area contributed by atoms with Crippen LogP contribution in [0.15, 0.2) is 36.4 Å². The van der Waals surface area contributed by atoms with Crippen molar-refractivity contribution in [3.63, 3.8) is 0 Å². The first-order valence-electron chi connectivity index (χ1n) is 11.1. The number of aromatic nitrogens is 2. The lowest BCUT2D eigenvalue weighted by atomic mass is 9.94. The molecule has 0 fully saturated rings. The van der Waals surface area contributed by atoms with Gasteiger partial charge in [0.25, 0.3) is 0 Å². The van der Waals surface area contributed by atoms with Crippen molar-refractivity contribution in [2.75, 3.05) is 19.0 Å². The van der Waals surface area contributed by atoms with Crippen LogP contribution in [0, 0.1) is 0 Å². The number of ether oxygens (including phenoxy) is 1. The van der Waals surface area contributed by atoms with Crippen LogP contribution in [0.5, 0.6) is 5.75 Å². The minimum Gasteiger partial charge on any atom is -0.497 e. The number of hydrogen-bond acceptors (Lipinski definition) is 5. The largest absolute Gasteiger partial charge is 0.497 e. The number of benzene rings is 2. The first kappa shape index (κ1) is 22.6. The number of fused-ring (bicyclic) bond motifs is 2. The Hall–Kier alpha value is -3.59. The summed E-state index contributed by atoms with van der Waals surface area (Å²) in [6, 6.07) is 11.6. The van der Waals surface area contributed by atoms with Crippen molar-refractivity contribution in [3.05, 3.63) is 53.2 Å². The summed E-state index contributed by atoms with van der Waals surface area (Å²) in [5, 5.41) is 17.0. The molecule has 1 atom stereocenters.